The summed E-state index contributed by atoms with van der Waals surface area (Å²) in [5.41, 5.74) is 11.1. The van der Waals surface area contributed by atoms with Crippen LogP contribution in [0.2, 0.25) is 0 Å². The molecule has 8 N–H and O–H groups in total. The van der Waals surface area contributed by atoms with Gasteiger partial charge < -0.3 is 65.1 Å². The number of carbonyl (C=O) groups excluding carboxylic acids is 1. The Hall–Kier alpha value is -2.75. The third-order valence-corrected chi connectivity index (χ3v) is 9.57. The lowest BCUT2D eigenvalue weighted by Gasteiger charge is -2.32. The quantitative estimate of drug-likeness (QED) is 0.0949. The van der Waals surface area contributed by atoms with Crippen LogP contribution in [0.4, 0.5) is 0 Å². The number of ether oxygens (including phenoxy) is 2. The number of hydrogen-bond donors (Lipinski definition) is 6. The summed E-state index contributed by atoms with van der Waals surface area (Å²) < 4.78 is 49.9. The molecular weight excluding hydrogens is 636 g/mol. The van der Waals surface area contributed by atoms with E-state index < -0.39 is 96.1 Å². The van der Waals surface area contributed by atoms with Crippen LogP contribution >= 0.6 is 15.6 Å². The van der Waals surface area contributed by atoms with E-state index in [2.05, 4.69) is 28.3 Å². The molecule has 5 heterocycles. The fourth-order valence-corrected chi connectivity index (χ4v) is 6.84. The Morgan fingerprint density at radius 3 is 2.32 bits per heavy atom. The number of hydrogen-bond acceptors (Lipinski definition) is 19. The number of nitrogens with two attached hydrogens (primary N) is 2. The Balaban J connectivity index is 1.13. The first kappa shape index (κ1) is 32.6. The maximum absolute atomic E-state index is 12.3. The summed E-state index contributed by atoms with van der Waals surface area (Å²) in [7, 11) is -11.3. The number of pyridine rings is 1. The molecule has 0 bridgehead atoms. The van der Waals surface area contributed by atoms with Crippen molar-refractivity contribution in [2.24, 2.45) is 26.4 Å². The van der Waals surface area contributed by atoms with Crippen LogP contribution in [-0.4, -0.2) is 118 Å². The van der Waals surface area contributed by atoms with Crippen LogP contribution < -0.4 is 25.8 Å². The number of aliphatic hydroxyl groups excluding tert-OH is 4. The largest absolute Gasteiger partial charge is 0.756 e. The molecule has 0 aliphatic carbocycles. The van der Waals surface area contributed by atoms with Gasteiger partial charge in [-0.25, -0.2) is 14.3 Å². The number of amidine groups is 1. The van der Waals surface area contributed by atoms with Crippen molar-refractivity contribution in [2.45, 2.75) is 61.3 Å². The predicted molar refractivity (Wildman–Crippen MR) is 138 cm³/mol. The number of fused-ring (bicyclic) bond motifs is 1. The van der Waals surface area contributed by atoms with Gasteiger partial charge in [0, 0.05) is 6.07 Å². The van der Waals surface area contributed by atoms with Crippen molar-refractivity contribution < 1.29 is 71.5 Å². The highest BCUT2D eigenvalue weighted by molar-refractivity contribution is 7.59. The van der Waals surface area contributed by atoms with Gasteiger partial charge in [0.15, 0.2) is 30.9 Å². The van der Waals surface area contributed by atoms with Crippen LogP contribution in [0, 0.1) is 0 Å². The van der Waals surface area contributed by atoms with E-state index in [1.807, 2.05) is 0 Å². The third-order valence-electron chi connectivity index (χ3n) is 7.04. The third kappa shape index (κ3) is 6.75. The maximum atomic E-state index is 12.3. The molecule has 4 aliphatic rings. The number of aromatic nitrogens is 1. The molecule has 242 valence electrons. The number of aliphatic hydroxyl groups is 4. The van der Waals surface area contributed by atoms with Crippen LogP contribution in [0.5, 0.6) is 0 Å². The van der Waals surface area contributed by atoms with Crippen LogP contribution in [0.1, 0.15) is 16.6 Å². The Morgan fingerprint density at radius 2 is 1.66 bits per heavy atom. The van der Waals surface area contributed by atoms with Crippen molar-refractivity contribution in [1.82, 2.24) is 4.90 Å². The minimum Gasteiger partial charge on any atom is -0.756 e. The van der Waals surface area contributed by atoms with Crippen LogP contribution in [0.25, 0.3) is 0 Å². The summed E-state index contributed by atoms with van der Waals surface area (Å²) in [5.74, 6) is -0.621. The lowest BCUT2D eigenvalue weighted by Crippen LogP contribution is -2.51. The first-order valence-electron chi connectivity index (χ1n) is 12.8. The molecule has 44 heavy (non-hydrogen) atoms. The number of phosphoric acid groups is 2. The summed E-state index contributed by atoms with van der Waals surface area (Å²) >= 11 is 0. The maximum Gasteiger partial charge on any atom is 0.292 e. The van der Waals surface area contributed by atoms with Crippen LogP contribution in [0.15, 0.2) is 39.5 Å². The van der Waals surface area contributed by atoms with Gasteiger partial charge >= 0.3 is 0 Å². The van der Waals surface area contributed by atoms with Gasteiger partial charge in [-0.1, -0.05) is 0 Å². The van der Waals surface area contributed by atoms with Gasteiger partial charge in [-0.2, -0.15) is 4.57 Å². The van der Waals surface area contributed by atoms with E-state index in [9.17, 15) is 44.1 Å². The van der Waals surface area contributed by atoms with Crippen molar-refractivity contribution in [3.05, 3.63) is 30.1 Å². The van der Waals surface area contributed by atoms with E-state index in [1.54, 1.807) is 0 Å². The first-order chi connectivity index (χ1) is 20.7. The van der Waals surface area contributed by atoms with Gasteiger partial charge in [0.05, 0.1) is 19.6 Å². The highest BCUT2D eigenvalue weighted by Crippen LogP contribution is 2.56. The number of primary amides is 1. The number of aliphatic imine (C=N–C) groups is 3. The summed E-state index contributed by atoms with van der Waals surface area (Å²) in [5, 5.41) is 41.5. The van der Waals surface area contributed by atoms with Crippen molar-refractivity contribution in [1.29, 1.82) is 0 Å². The smallest absolute Gasteiger partial charge is 0.292 e. The molecule has 0 saturated carbocycles. The zero-order valence-electron chi connectivity index (χ0n) is 22.3. The van der Waals surface area contributed by atoms with E-state index in [0.29, 0.717) is 0 Å². The Kier molecular flexibility index (Phi) is 9.32. The second-order valence-electron chi connectivity index (χ2n) is 9.95. The van der Waals surface area contributed by atoms with Gasteiger partial charge in [-0.05, 0) is 6.07 Å². The van der Waals surface area contributed by atoms with Gasteiger partial charge in [-0.3, -0.25) is 18.9 Å². The molecule has 5 rings (SSSR count). The Labute approximate surface area is 247 Å². The van der Waals surface area contributed by atoms with Crippen LogP contribution in [0.3, 0.4) is 0 Å². The van der Waals surface area contributed by atoms with E-state index in [4.69, 9.17) is 20.9 Å². The van der Waals surface area contributed by atoms with Crippen molar-refractivity contribution in [2.75, 3.05) is 13.2 Å². The van der Waals surface area contributed by atoms with Gasteiger partial charge in [0.2, 0.25) is 0 Å². The minimum atomic E-state index is -5.67. The lowest BCUT2D eigenvalue weighted by molar-refractivity contribution is -0.765. The Bertz CT molecular complexity index is 1450. The van der Waals surface area contributed by atoms with Gasteiger partial charge in [0.1, 0.15) is 54.3 Å². The molecule has 4 aliphatic heterocycles. The molecule has 0 radical (unpaired) electrons. The van der Waals surface area contributed by atoms with Crippen molar-refractivity contribution in [3.8, 4) is 0 Å². The molecule has 0 spiro atoms. The number of nitrogens with zero attached hydrogens (tertiary/aromatic N) is 5. The van der Waals surface area contributed by atoms with Gasteiger partial charge in [-0.15, -0.1) is 0 Å². The highest BCUT2D eigenvalue weighted by atomic mass is 31.3. The van der Waals surface area contributed by atoms with Crippen molar-refractivity contribution >= 4 is 40.1 Å². The van der Waals surface area contributed by atoms with E-state index in [1.165, 1.54) is 46.7 Å². The standard InChI is InChI=1S/C21H29N7O14P2/c22-17-12-19(25-7-24-17)28(8-26-12)21-16(32)14(30)11(41-21)6-39-44(36,37)42-43(34,35)38-5-10-13(29)15(31)20(40-10)27-3-1-2-9(4-27)18(23)33/h1-4,7-8,10-16,19-21,29-32H,5-6H2,(H5-,22,23,24,25,33,34,35,36,37)/p-1/t10-,11-,12?,13?,14?,15?,16?,19?,20-,21-/m1/s1. The average Bonchev–Trinajstić information content (AvgIpc) is 3.61. The summed E-state index contributed by atoms with van der Waals surface area (Å²) in [6, 6.07) is 2.14. The van der Waals surface area contributed by atoms with Crippen LogP contribution in [-0.2, 0) is 32.0 Å². The molecule has 1 aromatic rings. The number of phosphoric ester groups is 2. The zero-order valence-corrected chi connectivity index (χ0v) is 24.1. The summed E-state index contributed by atoms with van der Waals surface area (Å²) in [6.07, 6.45) is -7.72. The second kappa shape index (κ2) is 12.6. The molecular formula is C21H28N7O14P2-. The molecule has 21 nitrogen and oxygen atoms in total. The van der Waals surface area contributed by atoms with E-state index in [-0.39, 0.29) is 11.4 Å². The lowest BCUT2D eigenvalue weighted by atomic mass is 10.1. The fourth-order valence-electron chi connectivity index (χ4n) is 4.83. The summed E-state index contributed by atoms with van der Waals surface area (Å²) in [6.45, 7) is -1.96. The molecule has 2 saturated heterocycles. The number of amides is 1. The number of carbonyl (C=O) groups is 1. The first-order valence-corrected chi connectivity index (χ1v) is 15.7. The topological polar surface area (TPSA) is 321 Å². The fraction of sp³-hybridized carbons (Fsp3) is 0.571. The SMILES string of the molecule is NC(=O)c1ccc[n+]([C@@H]2O[C@H](COP(=O)([O-])OP(=O)([O-])OC[C@H]3O[C@@H](N4C=NC5C(N)=NC=NC54)C(O)C3O)C(O)C2O)c1. The molecule has 0 aromatic carbocycles. The van der Waals surface area contributed by atoms with Crippen molar-refractivity contribution in [3.63, 3.8) is 0 Å². The second-order valence-corrected chi connectivity index (χ2v) is 12.9. The molecule has 12 atom stereocenters. The Morgan fingerprint density at radius 1 is 1.02 bits per heavy atom. The zero-order chi connectivity index (χ0) is 32.0. The average molecular weight is 664 g/mol. The van der Waals surface area contributed by atoms with E-state index in [0.717, 1.165) is 0 Å². The monoisotopic (exact) mass is 664 g/mol. The van der Waals surface area contributed by atoms with Gasteiger partial charge in [0.25, 0.3) is 27.8 Å². The normalized spacial score (nSPS) is 37.4. The minimum absolute atomic E-state index is 0.0544. The predicted octanol–water partition coefficient (Wildman–Crippen LogP) is -5.44. The molecule has 8 unspecified atom stereocenters. The molecule has 1 aromatic heterocycles. The summed E-state index contributed by atoms with van der Waals surface area (Å²) in [4.78, 5) is 49.4. The van der Waals surface area contributed by atoms with E-state index >= 15 is 0 Å². The molecule has 1 amide bonds. The molecule has 23 heteroatoms. The molecule has 2 fully saturated rings. The highest BCUT2D eigenvalue weighted by Gasteiger charge is 2.51. The number of rotatable bonds is 11.